The minimum atomic E-state index is -0.450. The van der Waals surface area contributed by atoms with Crippen molar-refractivity contribution in [2.24, 2.45) is 0 Å². The number of benzene rings is 2. The zero-order valence-electron chi connectivity index (χ0n) is 19.1. The van der Waals surface area contributed by atoms with E-state index in [2.05, 4.69) is 18.7 Å². The quantitative estimate of drug-likeness (QED) is 0.254. The number of non-ortho nitro benzene ring substituents is 1. The zero-order valence-corrected chi connectivity index (χ0v) is 19.9. The van der Waals surface area contributed by atoms with E-state index in [1.807, 2.05) is 12.1 Å². The van der Waals surface area contributed by atoms with Crippen molar-refractivity contribution in [3.8, 4) is 11.5 Å². The normalized spacial score (nSPS) is 13.0. The molecule has 0 saturated carbocycles. The van der Waals surface area contributed by atoms with Gasteiger partial charge in [-0.25, -0.2) is 4.98 Å². The van der Waals surface area contributed by atoms with E-state index in [0.717, 1.165) is 23.3 Å². The molecule has 34 heavy (non-hydrogen) atoms. The third-order valence-electron chi connectivity index (χ3n) is 5.59. The van der Waals surface area contributed by atoms with E-state index in [4.69, 9.17) is 14.5 Å². The molecule has 0 aliphatic carbocycles. The topological polar surface area (TPSA) is 98.0 Å². The number of ether oxygens (including phenoxy) is 2. The fourth-order valence-corrected chi connectivity index (χ4v) is 4.62. The van der Waals surface area contributed by atoms with Crippen LogP contribution in [0.1, 0.15) is 19.4 Å². The second-order valence-electron chi connectivity index (χ2n) is 7.66. The van der Waals surface area contributed by atoms with Gasteiger partial charge in [-0.1, -0.05) is 25.2 Å². The van der Waals surface area contributed by atoms with Gasteiger partial charge in [-0.15, -0.1) is 0 Å². The summed E-state index contributed by atoms with van der Waals surface area (Å²) in [5, 5.41) is 11.5. The molecule has 0 radical (unpaired) electrons. The number of amides is 1. The Morgan fingerprint density at radius 2 is 1.79 bits per heavy atom. The fraction of sp³-hybridized carbons (Fsp3) is 0.333. The lowest BCUT2D eigenvalue weighted by molar-refractivity contribution is -0.384. The summed E-state index contributed by atoms with van der Waals surface area (Å²) in [4.78, 5) is 32.3. The van der Waals surface area contributed by atoms with Crippen LogP contribution in [0.5, 0.6) is 11.5 Å². The van der Waals surface area contributed by atoms with Crippen LogP contribution in [0, 0.1) is 10.1 Å². The van der Waals surface area contributed by atoms with Gasteiger partial charge in [0.15, 0.2) is 16.6 Å². The highest BCUT2D eigenvalue weighted by atomic mass is 32.1. The van der Waals surface area contributed by atoms with Crippen LogP contribution >= 0.6 is 11.3 Å². The Morgan fingerprint density at radius 1 is 1.12 bits per heavy atom. The summed E-state index contributed by atoms with van der Waals surface area (Å²) in [6.45, 7) is 8.15. The molecular weight excluding hydrogens is 456 g/mol. The van der Waals surface area contributed by atoms with Gasteiger partial charge in [0.2, 0.25) is 0 Å². The number of anilines is 1. The first-order valence-electron chi connectivity index (χ1n) is 11.1. The molecule has 0 bridgehead atoms. The number of thiazole rings is 1. The van der Waals surface area contributed by atoms with Gasteiger partial charge in [-0.3, -0.25) is 19.8 Å². The van der Waals surface area contributed by atoms with Crippen LogP contribution in [-0.2, 0) is 4.79 Å². The average molecular weight is 483 g/mol. The van der Waals surface area contributed by atoms with Gasteiger partial charge < -0.3 is 14.4 Å². The number of rotatable bonds is 9. The first-order valence-corrected chi connectivity index (χ1v) is 12.0. The molecule has 1 aliphatic rings. The van der Waals surface area contributed by atoms with E-state index in [0.29, 0.717) is 48.5 Å². The predicted octanol–water partition coefficient (Wildman–Crippen LogP) is 4.36. The van der Waals surface area contributed by atoms with E-state index in [9.17, 15) is 14.9 Å². The smallest absolute Gasteiger partial charge is 0.269 e. The number of likely N-dealkylation sites (N-methyl/N-ethyl adjacent to an activating group) is 1. The third-order valence-corrected chi connectivity index (χ3v) is 6.64. The van der Waals surface area contributed by atoms with E-state index in [1.165, 1.54) is 29.5 Å². The van der Waals surface area contributed by atoms with Crippen LogP contribution in [0.2, 0.25) is 0 Å². The van der Waals surface area contributed by atoms with Crippen LogP contribution in [0.25, 0.3) is 16.3 Å². The van der Waals surface area contributed by atoms with Gasteiger partial charge in [-0.2, -0.15) is 0 Å². The molecule has 1 aliphatic heterocycles. The van der Waals surface area contributed by atoms with Gasteiger partial charge >= 0.3 is 0 Å². The summed E-state index contributed by atoms with van der Waals surface area (Å²) >= 11 is 1.43. The van der Waals surface area contributed by atoms with E-state index >= 15 is 0 Å². The second kappa shape index (κ2) is 10.6. The number of nitrogens with zero attached hydrogens (tertiary/aromatic N) is 4. The van der Waals surface area contributed by atoms with Gasteiger partial charge in [0, 0.05) is 43.4 Å². The van der Waals surface area contributed by atoms with Crippen molar-refractivity contribution in [1.29, 1.82) is 0 Å². The van der Waals surface area contributed by atoms with Crippen LogP contribution < -0.4 is 14.4 Å². The van der Waals surface area contributed by atoms with Crippen molar-refractivity contribution in [2.75, 3.05) is 44.3 Å². The Kier molecular flexibility index (Phi) is 7.39. The van der Waals surface area contributed by atoms with Crippen LogP contribution in [-0.4, -0.2) is 60.1 Å². The summed E-state index contributed by atoms with van der Waals surface area (Å²) in [5.41, 5.74) is 1.47. The lowest BCUT2D eigenvalue weighted by Crippen LogP contribution is -2.38. The Balaban J connectivity index is 1.60. The van der Waals surface area contributed by atoms with E-state index < -0.39 is 4.92 Å². The average Bonchev–Trinajstić information content (AvgIpc) is 3.26. The Labute approximate surface area is 201 Å². The molecular formula is C24H26N4O5S. The number of hydrogen-bond acceptors (Lipinski definition) is 8. The van der Waals surface area contributed by atoms with E-state index in [-0.39, 0.29) is 11.6 Å². The molecule has 2 aromatic carbocycles. The summed E-state index contributed by atoms with van der Waals surface area (Å²) in [7, 11) is 0. The highest BCUT2D eigenvalue weighted by Gasteiger charge is 2.21. The molecule has 10 heteroatoms. The Hall–Kier alpha value is -3.50. The number of hydrogen-bond donors (Lipinski definition) is 0. The van der Waals surface area contributed by atoms with Gasteiger partial charge in [0.05, 0.1) is 15.1 Å². The first kappa shape index (κ1) is 23.7. The molecule has 1 amide bonds. The van der Waals surface area contributed by atoms with Crippen molar-refractivity contribution >= 4 is 44.4 Å². The number of carbonyl (C=O) groups is 1. The van der Waals surface area contributed by atoms with Gasteiger partial charge in [0.25, 0.3) is 11.6 Å². The first-order chi connectivity index (χ1) is 16.5. The molecule has 3 aromatic rings. The fourth-order valence-electron chi connectivity index (χ4n) is 3.61. The van der Waals surface area contributed by atoms with Crippen LogP contribution in [0.15, 0.2) is 42.5 Å². The molecule has 0 fully saturated rings. The molecule has 2 heterocycles. The Bertz CT molecular complexity index is 1160. The minimum absolute atomic E-state index is 0.00876. The minimum Gasteiger partial charge on any atom is -0.486 e. The molecule has 0 spiro atoms. The van der Waals surface area contributed by atoms with E-state index in [1.54, 1.807) is 23.1 Å². The summed E-state index contributed by atoms with van der Waals surface area (Å²) in [6.07, 6.45) is 3.14. The summed E-state index contributed by atoms with van der Waals surface area (Å²) < 4.78 is 12.3. The van der Waals surface area contributed by atoms with Crippen molar-refractivity contribution in [2.45, 2.75) is 13.8 Å². The van der Waals surface area contributed by atoms with Gasteiger partial charge in [-0.05, 0) is 36.9 Å². The number of fused-ring (bicyclic) bond motifs is 2. The van der Waals surface area contributed by atoms with Crippen molar-refractivity contribution < 1.29 is 19.2 Å². The molecule has 0 atom stereocenters. The Morgan fingerprint density at radius 3 is 2.44 bits per heavy atom. The molecule has 9 nitrogen and oxygen atoms in total. The maximum absolute atomic E-state index is 13.2. The number of aromatic nitrogens is 1. The molecule has 0 saturated heterocycles. The van der Waals surface area contributed by atoms with Crippen LogP contribution in [0.3, 0.4) is 0 Å². The number of nitro groups is 1. The summed E-state index contributed by atoms with van der Waals surface area (Å²) in [6, 6.07) is 9.83. The lowest BCUT2D eigenvalue weighted by Gasteiger charge is -2.23. The number of carbonyl (C=O) groups excluding carboxylic acids is 1. The monoisotopic (exact) mass is 482 g/mol. The summed E-state index contributed by atoms with van der Waals surface area (Å²) in [5.74, 6) is 1.14. The molecule has 178 valence electrons. The molecule has 0 N–H and O–H groups in total. The van der Waals surface area contributed by atoms with Gasteiger partial charge in [0.1, 0.15) is 13.2 Å². The van der Waals surface area contributed by atoms with Crippen molar-refractivity contribution in [3.05, 3.63) is 58.2 Å². The van der Waals surface area contributed by atoms with Crippen molar-refractivity contribution in [1.82, 2.24) is 9.88 Å². The third kappa shape index (κ3) is 5.35. The SMILES string of the molecule is CCN(CC)CCN(C(=O)C=Cc1ccc([N+](=O)[O-])cc1)c1nc2cc3c(cc2s1)OCCO3. The number of nitro benzene ring substituents is 1. The van der Waals surface area contributed by atoms with Crippen LogP contribution in [0.4, 0.5) is 10.8 Å². The standard InChI is InChI=1S/C24H26N4O5S/c1-3-26(4-2)11-12-27(23(29)10-7-17-5-8-18(9-6-17)28(30)31)24-25-19-15-20-21(16-22(19)34-24)33-14-13-32-20/h5-10,15-16H,3-4,11-14H2,1-2H3. The largest absolute Gasteiger partial charge is 0.486 e. The maximum atomic E-state index is 13.2. The highest BCUT2D eigenvalue weighted by molar-refractivity contribution is 7.22. The maximum Gasteiger partial charge on any atom is 0.269 e. The predicted molar refractivity (Wildman–Crippen MR) is 133 cm³/mol. The molecule has 1 aromatic heterocycles. The van der Waals surface area contributed by atoms with Crippen molar-refractivity contribution in [3.63, 3.8) is 0 Å². The highest BCUT2D eigenvalue weighted by Crippen LogP contribution is 2.38. The second-order valence-corrected chi connectivity index (χ2v) is 8.67. The molecule has 4 rings (SSSR count). The zero-order chi connectivity index (χ0) is 24.1. The molecule has 0 unspecified atom stereocenters. The lowest BCUT2D eigenvalue weighted by atomic mass is 10.2.